The summed E-state index contributed by atoms with van der Waals surface area (Å²) in [7, 11) is 0. The Balaban J connectivity index is 1.71. The average Bonchev–Trinajstić information content (AvgIpc) is 3.20. The van der Waals surface area contributed by atoms with Crippen molar-refractivity contribution in [2.75, 3.05) is 16.0 Å². The van der Waals surface area contributed by atoms with Crippen LogP contribution in [0.15, 0.2) is 66.3 Å². The van der Waals surface area contributed by atoms with Gasteiger partial charge in [-0.3, -0.25) is 14.4 Å². The fourth-order valence-corrected chi connectivity index (χ4v) is 3.96. The van der Waals surface area contributed by atoms with Crippen molar-refractivity contribution in [1.82, 2.24) is 0 Å². The van der Waals surface area contributed by atoms with E-state index in [-0.39, 0.29) is 5.91 Å². The van der Waals surface area contributed by atoms with Crippen LogP contribution in [0.4, 0.5) is 17.1 Å². The van der Waals surface area contributed by atoms with Gasteiger partial charge >= 0.3 is 0 Å². The van der Waals surface area contributed by atoms with Crippen molar-refractivity contribution in [2.45, 2.75) is 20.3 Å². The smallest absolute Gasteiger partial charge is 0.238 e. The molecule has 1 atom stereocenters. The lowest BCUT2D eigenvalue weighted by Crippen LogP contribution is -2.43. The number of benzene rings is 2. The van der Waals surface area contributed by atoms with E-state index in [0.29, 0.717) is 29.1 Å². The molecule has 0 fully saturated rings. The second kappa shape index (κ2) is 7.99. The molecule has 6 heteroatoms. The molecule has 1 heterocycles. The quantitative estimate of drug-likeness (QED) is 0.678. The number of aryl methyl sites for hydroxylation is 2. The van der Waals surface area contributed by atoms with E-state index >= 15 is 0 Å². The standard InChI is InChI=1S/C24H23N3O3/c1-14-8-7-9-15(2)21(14)27-22(28)19(16-10-3-4-11-16)20-23(29)25-17-12-5-6-13-18(17)26-24(20)30/h3,5-13,19-20H,4H2,1-2H3,(H,25,29)(H,26,30)(H,27,28). The third-order valence-electron chi connectivity index (χ3n) is 5.51. The van der Waals surface area contributed by atoms with Crippen molar-refractivity contribution in [2.24, 2.45) is 11.8 Å². The monoisotopic (exact) mass is 401 g/mol. The normalized spacial score (nSPS) is 16.8. The topological polar surface area (TPSA) is 87.3 Å². The molecule has 30 heavy (non-hydrogen) atoms. The zero-order valence-corrected chi connectivity index (χ0v) is 16.9. The molecular formula is C24H23N3O3. The van der Waals surface area contributed by atoms with Crippen LogP contribution in [0.5, 0.6) is 0 Å². The number of allylic oxidation sites excluding steroid dienone is 3. The molecule has 0 spiro atoms. The first-order chi connectivity index (χ1) is 14.5. The van der Waals surface area contributed by atoms with Gasteiger partial charge in [0.25, 0.3) is 0 Å². The molecular weight excluding hydrogens is 378 g/mol. The minimum Gasteiger partial charge on any atom is -0.325 e. The summed E-state index contributed by atoms with van der Waals surface area (Å²) in [6.45, 7) is 3.82. The highest BCUT2D eigenvalue weighted by molar-refractivity contribution is 6.18. The van der Waals surface area contributed by atoms with Crippen molar-refractivity contribution in [3.63, 3.8) is 0 Å². The molecule has 0 bridgehead atoms. The summed E-state index contributed by atoms with van der Waals surface area (Å²) in [5, 5.41) is 8.55. The zero-order valence-electron chi connectivity index (χ0n) is 16.9. The van der Waals surface area contributed by atoms with Gasteiger partial charge in [-0.1, -0.05) is 48.6 Å². The van der Waals surface area contributed by atoms with Crippen molar-refractivity contribution >= 4 is 34.8 Å². The summed E-state index contributed by atoms with van der Waals surface area (Å²) < 4.78 is 0. The molecule has 2 aromatic rings. The maximum Gasteiger partial charge on any atom is 0.238 e. The third kappa shape index (κ3) is 3.64. The van der Waals surface area contributed by atoms with Crippen LogP contribution in [0.1, 0.15) is 17.5 Å². The van der Waals surface area contributed by atoms with Gasteiger partial charge in [0.1, 0.15) is 5.92 Å². The SMILES string of the molecule is Cc1cccc(C)c1NC(=O)C(C1=CCC=C1)C1C(=O)Nc2ccccc2NC1=O. The first kappa shape index (κ1) is 19.6. The van der Waals surface area contributed by atoms with E-state index in [2.05, 4.69) is 16.0 Å². The number of hydrogen-bond donors (Lipinski definition) is 3. The number of nitrogens with one attached hydrogen (secondary N) is 3. The predicted octanol–water partition coefficient (Wildman–Crippen LogP) is 3.95. The predicted molar refractivity (Wildman–Crippen MR) is 117 cm³/mol. The maximum atomic E-state index is 13.4. The van der Waals surface area contributed by atoms with E-state index in [4.69, 9.17) is 0 Å². The molecule has 0 saturated heterocycles. The van der Waals surface area contributed by atoms with Gasteiger partial charge in [-0.2, -0.15) is 0 Å². The molecule has 152 valence electrons. The van der Waals surface area contributed by atoms with Gasteiger partial charge in [-0.25, -0.2) is 0 Å². The Labute approximate surface area is 175 Å². The highest BCUT2D eigenvalue weighted by Gasteiger charge is 2.43. The van der Waals surface area contributed by atoms with Gasteiger partial charge in [0.05, 0.1) is 17.3 Å². The summed E-state index contributed by atoms with van der Waals surface area (Å²) in [5.74, 6) is -3.53. The first-order valence-corrected chi connectivity index (χ1v) is 9.90. The average molecular weight is 401 g/mol. The second-order valence-corrected chi connectivity index (χ2v) is 7.58. The lowest BCUT2D eigenvalue weighted by atomic mass is 9.83. The van der Waals surface area contributed by atoms with E-state index < -0.39 is 23.7 Å². The Hall–Kier alpha value is -3.67. The minimum atomic E-state index is -1.20. The molecule has 1 aliphatic heterocycles. The number of hydrogen-bond acceptors (Lipinski definition) is 3. The molecule has 3 amide bonds. The minimum absolute atomic E-state index is 0.383. The molecule has 0 aromatic heterocycles. The van der Waals surface area contributed by atoms with Crippen molar-refractivity contribution in [3.05, 3.63) is 77.4 Å². The number of fused-ring (bicyclic) bond motifs is 1. The molecule has 3 N–H and O–H groups in total. The number of carbonyl (C=O) groups is 3. The van der Waals surface area contributed by atoms with Crippen LogP contribution in [0.3, 0.4) is 0 Å². The van der Waals surface area contributed by atoms with E-state index in [1.54, 1.807) is 24.3 Å². The highest BCUT2D eigenvalue weighted by Crippen LogP contribution is 2.34. The largest absolute Gasteiger partial charge is 0.325 e. The fraction of sp³-hybridized carbons (Fsp3) is 0.208. The second-order valence-electron chi connectivity index (χ2n) is 7.58. The molecule has 0 saturated carbocycles. The van der Waals surface area contributed by atoms with Crippen molar-refractivity contribution in [1.29, 1.82) is 0 Å². The molecule has 2 aliphatic rings. The lowest BCUT2D eigenvalue weighted by Gasteiger charge is -2.24. The molecule has 1 aliphatic carbocycles. The van der Waals surface area contributed by atoms with Crippen LogP contribution in [0.2, 0.25) is 0 Å². The van der Waals surface area contributed by atoms with Crippen LogP contribution < -0.4 is 16.0 Å². The molecule has 2 aromatic carbocycles. The van der Waals surface area contributed by atoms with Gasteiger partial charge in [0, 0.05) is 5.69 Å². The maximum absolute atomic E-state index is 13.4. The van der Waals surface area contributed by atoms with Gasteiger partial charge in [0.15, 0.2) is 0 Å². The van der Waals surface area contributed by atoms with E-state index in [9.17, 15) is 14.4 Å². The van der Waals surface area contributed by atoms with Gasteiger partial charge < -0.3 is 16.0 Å². The Morgan fingerprint density at radius 2 is 1.57 bits per heavy atom. The number of para-hydroxylation sites is 3. The number of anilines is 3. The molecule has 0 radical (unpaired) electrons. The summed E-state index contributed by atoms with van der Waals surface area (Å²) in [5.41, 5.74) is 4.24. The van der Waals surface area contributed by atoms with Gasteiger partial charge in [-0.15, -0.1) is 0 Å². The Kier molecular flexibility index (Phi) is 5.23. The van der Waals surface area contributed by atoms with Crippen LogP contribution in [0, 0.1) is 25.7 Å². The van der Waals surface area contributed by atoms with Gasteiger partial charge in [0.2, 0.25) is 17.7 Å². The van der Waals surface area contributed by atoms with E-state index in [0.717, 1.165) is 11.1 Å². The van der Waals surface area contributed by atoms with Crippen LogP contribution >= 0.6 is 0 Å². The Bertz CT molecular complexity index is 1040. The highest BCUT2D eigenvalue weighted by atomic mass is 16.2. The number of amides is 3. The summed E-state index contributed by atoms with van der Waals surface area (Å²) >= 11 is 0. The summed E-state index contributed by atoms with van der Waals surface area (Å²) in [6.07, 6.45) is 6.27. The van der Waals surface area contributed by atoms with Crippen LogP contribution in [0.25, 0.3) is 0 Å². The van der Waals surface area contributed by atoms with Crippen molar-refractivity contribution < 1.29 is 14.4 Å². The Morgan fingerprint density at radius 1 is 0.967 bits per heavy atom. The first-order valence-electron chi connectivity index (χ1n) is 9.90. The van der Waals surface area contributed by atoms with Crippen LogP contribution in [-0.4, -0.2) is 17.7 Å². The lowest BCUT2D eigenvalue weighted by molar-refractivity contribution is -0.135. The number of carbonyl (C=O) groups excluding carboxylic acids is 3. The molecule has 6 nitrogen and oxygen atoms in total. The van der Waals surface area contributed by atoms with Gasteiger partial charge in [-0.05, 0) is 49.1 Å². The zero-order chi connectivity index (χ0) is 21.3. The Morgan fingerprint density at radius 3 is 2.10 bits per heavy atom. The third-order valence-corrected chi connectivity index (χ3v) is 5.51. The van der Waals surface area contributed by atoms with E-state index in [1.807, 2.05) is 50.3 Å². The van der Waals surface area contributed by atoms with Crippen LogP contribution in [-0.2, 0) is 14.4 Å². The summed E-state index contributed by atoms with van der Waals surface area (Å²) in [4.78, 5) is 39.6. The van der Waals surface area contributed by atoms with Crippen molar-refractivity contribution in [3.8, 4) is 0 Å². The fourth-order valence-electron chi connectivity index (χ4n) is 3.96. The molecule has 1 unspecified atom stereocenters. The van der Waals surface area contributed by atoms with E-state index in [1.165, 1.54) is 0 Å². The summed E-state index contributed by atoms with van der Waals surface area (Å²) in [6, 6.07) is 12.7. The number of rotatable bonds is 4. The molecule has 4 rings (SSSR count).